The SMILES string of the molecule is O=C(c1ccc(F)cc1)N1CCc2onc(-c3ccc(Cl)cc3)c2C1. The molecule has 0 bridgehead atoms. The number of rotatable bonds is 2. The molecule has 0 N–H and O–H groups in total. The Hall–Kier alpha value is -2.66. The van der Waals surface area contributed by atoms with Gasteiger partial charge in [-0.05, 0) is 36.4 Å². The quantitative estimate of drug-likeness (QED) is 0.686. The third-order valence-corrected chi connectivity index (χ3v) is 4.58. The van der Waals surface area contributed by atoms with Crippen LogP contribution in [0, 0.1) is 5.82 Å². The third kappa shape index (κ3) is 3.03. The minimum atomic E-state index is -0.360. The number of carbonyl (C=O) groups excluding carboxylic acids is 1. The highest BCUT2D eigenvalue weighted by atomic mass is 35.5. The summed E-state index contributed by atoms with van der Waals surface area (Å²) in [5, 5.41) is 4.82. The van der Waals surface area contributed by atoms with Gasteiger partial charge >= 0.3 is 0 Å². The first-order valence-electron chi connectivity index (χ1n) is 7.90. The van der Waals surface area contributed by atoms with E-state index in [0.29, 0.717) is 30.1 Å². The zero-order chi connectivity index (χ0) is 17.4. The summed E-state index contributed by atoms with van der Waals surface area (Å²) in [6, 6.07) is 12.9. The predicted octanol–water partition coefficient (Wildman–Crippen LogP) is 4.33. The van der Waals surface area contributed by atoms with E-state index in [4.69, 9.17) is 16.1 Å². The number of benzene rings is 2. The Bertz CT molecular complexity index is 920. The number of halogens is 2. The van der Waals surface area contributed by atoms with E-state index in [0.717, 1.165) is 22.6 Å². The monoisotopic (exact) mass is 356 g/mol. The predicted molar refractivity (Wildman–Crippen MR) is 91.8 cm³/mol. The molecule has 2 heterocycles. The van der Waals surface area contributed by atoms with Gasteiger partial charge in [0.2, 0.25) is 0 Å². The molecular weight excluding hydrogens is 343 g/mol. The van der Waals surface area contributed by atoms with E-state index in [2.05, 4.69) is 5.16 Å². The molecule has 1 aliphatic rings. The summed E-state index contributed by atoms with van der Waals surface area (Å²) >= 11 is 5.94. The Labute approximate surface area is 148 Å². The lowest BCUT2D eigenvalue weighted by Crippen LogP contribution is -2.35. The second kappa shape index (κ2) is 6.33. The lowest BCUT2D eigenvalue weighted by Gasteiger charge is -2.26. The Morgan fingerprint density at radius 3 is 2.56 bits per heavy atom. The van der Waals surface area contributed by atoms with Gasteiger partial charge in [-0.1, -0.05) is 28.9 Å². The fourth-order valence-electron chi connectivity index (χ4n) is 2.99. The summed E-state index contributed by atoms with van der Waals surface area (Å²) < 4.78 is 18.5. The lowest BCUT2D eigenvalue weighted by atomic mass is 10.0. The first kappa shape index (κ1) is 15.8. The molecule has 0 saturated carbocycles. The molecule has 0 aliphatic carbocycles. The van der Waals surface area contributed by atoms with Crippen molar-refractivity contribution in [1.29, 1.82) is 0 Å². The van der Waals surface area contributed by atoms with Crippen molar-refractivity contribution in [2.75, 3.05) is 6.54 Å². The number of amides is 1. The number of hydrogen-bond donors (Lipinski definition) is 0. The minimum absolute atomic E-state index is 0.131. The summed E-state index contributed by atoms with van der Waals surface area (Å²) in [7, 11) is 0. The maximum Gasteiger partial charge on any atom is 0.254 e. The normalized spacial score (nSPS) is 13.6. The second-order valence-electron chi connectivity index (χ2n) is 5.92. The van der Waals surface area contributed by atoms with Crippen LogP contribution in [0.5, 0.6) is 0 Å². The standard InChI is InChI=1S/C19H14ClFN2O2/c20-14-5-1-12(2-6-14)18-16-11-23(10-9-17(16)25-22-18)19(24)13-3-7-15(21)8-4-13/h1-8H,9-11H2. The highest BCUT2D eigenvalue weighted by Crippen LogP contribution is 2.31. The van der Waals surface area contributed by atoms with Crippen molar-refractivity contribution >= 4 is 17.5 Å². The number of aromatic nitrogens is 1. The summed E-state index contributed by atoms with van der Waals surface area (Å²) in [5.74, 6) is 0.309. The van der Waals surface area contributed by atoms with Crippen LogP contribution in [-0.4, -0.2) is 22.5 Å². The molecule has 0 radical (unpaired) electrons. The van der Waals surface area contributed by atoms with E-state index < -0.39 is 0 Å². The average Bonchev–Trinajstić information content (AvgIpc) is 3.05. The van der Waals surface area contributed by atoms with Crippen LogP contribution in [0.4, 0.5) is 4.39 Å². The van der Waals surface area contributed by atoms with E-state index in [1.807, 2.05) is 12.1 Å². The smallest absolute Gasteiger partial charge is 0.254 e. The molecule has 4 rings (SSSR count). The van der Waals surface area contributed by atoms with E-state index in [1.165, 1.54) is 24.3 Å². The van der Waals surface area contributed by atoms with Gasteiger partial charge in [-0.15, -0.1) is 0 Å². The van der Waals surface area contributed by atoms with E-state index in [9.17, 15) is 9.18 Å². The molecule has 1 amide bonds. The molecule has 0 spiro atoms. The Morgan fingerprint density at radius 2 is 1.84 bits per heavy atom. The van der Waals surface area contributed by atoms with Gasteiger partial charge < -0.3 is 9.42 Å². The number of fused-ring (bicyclic) bond motifs is 1. The molecule has 0 unspecified atom stereocenters. The van der Waals surface area contributed by atoms with Gasteiger partial charge in [0.1, 0.15) is 17.3 Å². The van der Waals surface area contributed by atoms with Crippen molar-refractivity contribution in [3.63, 3.8) is 0 Å². The zero-order valence-electron chi connectivity index (χ0n) is 13.2. The number of carbonyl (C=O) groups is 1. The first-order valence-corrected chi connectivity index (χ1v) is 8.28. The average molecular weight is 357 g/mol. The van der Waals surface area contributed by atoms with Gasteiger partial charge in [-0.2, -0.15) is 0 Å². The highest BCUT2D eigenvalue weighted by molar-refractivity contribution is 6.30. The van der Waals surface area contributed by atoms with Gasteiger partial charge in [0, 0.05) is 34.7 Å². The van der Waals surface area contributed by atoms with Crippen molar-refractivity contribution in [1.82, 2.24) is 10.1 Å². The fraction of sp³-hybridized carbons (Fsp3) is 0.158. The molecular formula is C19H14ClFN2O2. The second-order valence-corrected chi connectivity index (χ2v) is 6.36. The fourth-order valence-corrected chi connectivity index (χ4v) is 3.12. The maximum atomic E-state index is 13.1. The molecule has 6 heteroatoms. The lowest BCUT2D eigenvalue weighted by molar-refractivity contribution is 0.0729. The molecule has 0 saturated heterocycles. The van der Waals surface area contributed by atoms with Crippen molar-refractivity contribution in [3.05, 3.63) is 76.3 Å². The Morgan fingerprint density at radius 1 is 1.12 bits per heavy atom. The summed E-state index contributed by atoms with van der Waals surface area (Å²) in [6.07, 6.45) is 0.600. The highest BCUT2D eigenvalue weighted by Gasteiger charge is 2.28. The van der Waals surface area contributed by atoms with Gasteiger partial charge in [0.05, 0.1) is 6.54 Å². The molecule has 0 fully saturated rings. The molecule has 3 aromatic rings. The van der Waals surface area contributed by atoms with Crippen molar-refractivity contribution in [2.45, 2.75) is 13.0 Å². The van der Waals surface area contributed by atoms with Crippen LogP contribution in [0.25, 0.3) is 11.3 Å². The minimum Gasteiger partial charge on any atom is -0.360 e. The van der Waals surface area contributed by atoms with Gasteiger partial charge in [0.15, 0.2) is 0 Å². The Balaban J connectivity index is 1.62. The van der Waals surface area contributed by atoms with Crippen LogP contribution in [0.3, 0.4) is 0 Å². The topological polar surface area (TPSA) is 46.3 Å². The van der Waals surface area contributed by atoms with Crippen LogP contribution in [-0.2, 0) is 13.0 Å². The van der Waals surface area contributed by atoms with E-state index >= 15 is 0 Å². The Kier molecular flexibility index (Phi) is 4.01. The molecule has 1 aromatic heterocycles. The molecule has 126 valence electrons. The summed E-state index contributed by atoms with van der Waals surface area (Å²) in [5.41, 5.74) is 2.99. The van der Waals surface area contributed by atoms with Crippen LogP contribution >= 0.6 is 11.6 Å². The maximum absolute atomic E-state index is 13.1. The van der Waals surface area contributed by atoms with Crippen molar-refractivity contribution in [3.8, 4) is 11.3 Å². The summed E-state index contributed by atoms with van der Waals surface area (Å²) in [4.78, 5) is 14.4. The van der Waals surface area contributed by atoms with E-state index in [-0.39, 0.29) is 11.7 Å². The van der Waals surface area contributed by atoms with Gasteiger partial charge in [-0.25, -0.2) is 4.39 Å². The third-order valence-electron chi connectivity index (χ3n) is 4.32. The van der Waals surface area contributed by atoms with Gasteiger partial charge in [-0.3, -0.25) is 4.79 Å². The molecule has 2 aromatic carbocycles. The molecule has 0 atom stereocenters. The molecule has 25 heavy (non-hydrogen) atoms. The number of hydrogen-bond acceptors (Lipinski definition) is 3. The largest absolute Gasteiger partial charge is 0.360 e. The first-order chi connectivity index (χ1) is 12.1. The zero-order valence-corrected chi connectivity index (χ0v) is 14.0. The van der Waals surface area contributed by atoms with Crippen LogP contribution in [0.1, 0.15) is 21.7 Å². The van der Waals surface area contributed by atoms with Crippen LogP contribution in [0.15, 0.2) is 53.1 Å². The van der Waals surface area contributed by atoms with Crippen molar-refractivity contribution < 1.29 is 13.7 Å². The van der Waals surface area contributed by atoms with Crippen LogP contribution in [0.2, 0.25) is 5.02 Å². The van der Waals surface area contributed by atoms with Gasteiger partial charge in [0.25, 0.3) is 5.91 Å². The summed E-state index contributed by atoms with van der Waals surface area (Å²) in [6.45, 7) is 0.950. The van der Waals surface area contributed by atoms with Crippen LogP contribution < -0.4 is 0 Å². The number of nitrogens with zero attached hydrogens (tertiary/aromatic N) is 2. The molecule has 1 aliphatic heterocycles. The van der Waals surface area contributed by atoms with Crippen molar-refractivity contribution in [2.24, 2.45) is 0 Å². The molecule has 4 nitrogen and oxygen atoms in total. The van der Waals surface area contributed by atoms with E-state index in [1.54, 1.807) is 17.0 Å².